The van der Waals surface area contributed by atoms with Crippen molar-refractivity contribution in [3.05, 3.63) is 65.3 Å². The summed E-state index contributed by atoms with van der Waals surface area (Å²) in [6.07, 6.45) is 1.70. The Labute approximate surface area is 188 Å². The first kappa shape index (κ1) is 20.8. The number of carbonyl (C=O) groups excluding carboxylic acids is 1. The third-order valence-corrected chi connectivity index (χ3v) is 6.85. The molecule has 1 fully saturated rings. The predicted molar refractivity (Wildman–Crippen MR) is 124 cm³/mol. The third kappa shape index (κ3) is 4.57. The highest BCUT2D eigenvalue weighted by Gasteiger charge is 2.34. The number of nitrogens with zero attached hydrogens (tertiary/aromatic N) is 3. The molecule has 2 N–H and O–H groups in total. The fourth-order valence-corrected chi connectivity index (χ4v) is 4.90. The number of nitrogens with one attached hydrogen (secondary N) is 1. The SMILES string of the molecule is C=S(=O)(O)Cc1nnc(C(NC(=O)C2CC2)c2nc3ccc(-c4ccccc4)cc3s2)o1. The quantitative estimate of drug-likeness (QED) is 0.398. The number of amides is 1. The maximum absolute atomic E-state index is 12.5. The molecular formula is C22H20N4O4S2. The molecule has 0 radical (unpaired) electrons. The maximum atomic E-state index is 12.5. The van der Waals surface area contributed by atoms with E-state index < -0.39 is 15.8 Å². The van der Waals surface area contributed by atoms with Gasteiger partial charge < -0.3 is 14.3 Å². The highest BCUT2D eigenvalue weighted by molar-refractivity contribution is 7.94. The zero-order valence-electron chi connectivity index (χ0n) is 16.9. The van der Waals surface area contributed by atoms with Crippen molar-refractivity contribution in [2.45, 2.75) is 24.6 Å². The number of hydrogen-bond donors (Lipinski definition) is 2. The van der Waals surface area contributed by atoms with Gasteiger partial charge in [-0.15, -0.1) is 21.5 Å². The summed E-state index contributed by atoms with van der Waals surface area (Å²) in [4.78, 5) is 17.2. The van der Waals surface area contributed by atoms with Gasteiger partial charge >= 0.3 is 0 Å². The Morgan fingerprint density at radius 2 is 2.00 bits per heavy atom. The summed E-state index contributed by atoms with van der Waals surface area (Å²) in [5.41, 5.74) is 2.97. The fraction of sp³-hybridized carbons (Fsp3) is 0.227. The Bertz CT molecular complexity index is 1390. The van der Waals surface area contributed by atoms with Crippen LogP contribution < -0.4 is 5.32 Å². The maximum Gasteiger partial charge on any atom is 0.245 e. The van der Waals surface area contributed by atoms with Crippen molar-refractivity contribution < 1.29 is 18.0 Å². The van der Waals surface area contributed by atoms with Crippen molar-refractivity contribution >= 4 is 43.1 Å². The normalized spacial score (nSPS) is 16.5. The minimum Gasteiger partial charge on any atom is -0.421 e. The van der Waals surface area contributed by atoms with E-state index in [1.54, 1.807) is 0 Å². The van der Waals surface area contributed by atoms with Gasteiger partial charge in [0.1, 0.15) is 10.8 Å². The van der Waals surface area contributed by atoms with Crippen LogP contribution >= 0.6 is 11.3 Å². The van der Waals surface area contributed by atoms with E-state index in [-0.39, 0.29) is 29.4 Å². The van der Waals surface area contributed by atoms with Crippen LogP contribution in [-0.2, 0) is 20.4 Å². The molecule has 0 bridgehead atoms. The molecule has 1 aliphatic rings. The van der Waals surface area contributed by atoms with E-state index in [1.165, 1.54) is 11.3 Å². The van der Waals surface area contributed by atoms with Crippen LogP contribution in [0.2, 0.25) is 0 Å². The number of rotatable bonds is 7. The lowest BCUT2D eigenvalue weighted by Gasteiger charge is -2.12. The first-order valence-corrected chi connectivity index (χ1v) is 12.7. The minimum atomic E-state index is -3.33. The number of aromatic nitrogens is 3. The van der Waals surface area contributed by atoms with Crippen LogP contribution in [-0.4, -0.2) is 35.7 Å². The zero-order valence-corrected chi connectivity index (χ0v) is 18.6. The Hall–Kier alpha value is -3.08. The molecule has 2 heterocycles. The Morgan fingerprint density at radius 1 is 1.22 bits per heavy atom. The Balaban J connectivity index is 1.51. The largest absolute Gasteiger partial charge is 0.421 e. The van der Waals surface area contributed by atoms with E-state index >= 15 is 0 Å². The van der Waals surface area contributed by atoms with Gasteiger partial charge in [0.25, 0.3) is 0 Å². The van der Waals surface area contributed by atoms with Crippen LogP contribution in [0.25, 0.3) is 21.3 Å². The van der Waals surface area contributed by atoms with Crippen LogP contribution in [0.3, 0.4) is 0 Å². The highest BCUT2D eigenvalue weighted by atomic mass is 32.2. The molecule has 2 atom stereocenters. The van der Waals surface area contributed by atoms with Gasteiger partial charge in [0.2, 0.25) is 17.7 Å². The molecule has 2 unspecified atom stereocenters. The summed E-state index contributed by atoms with van der Waals surface area (Å²) in [6, 6.07) is 15.3. The molecule has 2 aromatic heterocycles. The zero-order chi connectivity index (χ0) is 22.3. The molecule has 32 heavy (non-hydrogen) atoms. The van der Waals surface area contributed by atoms with Gasteiger partial charge in [0, 0.05) is 5.92 Å². The third-order valence-electron chi connectivity index (χ3n) is 5.07. The lowest BCUT2D eigenvalue weighted by atomic mass is 10.1. The monoisotopic (exact) mass is 468 g/mol. The molecular weight excluding hydrogens is 448 g/mol. The van der Waals surface area contributed by atoms with E-state index in [4.69, 9.17) is 9.40 Å². The summed E-state index contributed by atoms with van der Waals surface area (Å²) in [7, 11) is -3.33. The van der Waals surface area contributed by atoms with Crippen molar-refractivity contribution in [3.63, 3.8) is 0 Å². The molecule has 0 saturated heterocycles. The lowest BCUT2D eigenvalue weighted by Crippen LogP contribution is -2.30. The van der Waals surface area contributed by atoms with Gasteiger partial charge in [-0.2, -0.15) is 0 Å². The van der Waals surface area contributed by atoms with Gasteiger partial charge in [-0.1, -0.05) is 36.4 Å². The second-order valence-corrected chi connectivity index (χ2v) is 10.7. The number of hydrogen-bond acceptors (Lipinski definition) is 7. The average Bonchev–Trinajstić information content (AvgIpc) is 3.38. The number of fused-ring (bicyclic) bond motifs is 1. The highest BCUT2D eigenvalue weighted by Crippen LogP contribution is 2.35. The average molecular weight is 469 g/mol. The van der Waals surface area contributed by atoms with Crippen LogP contribution in [0.5, 0.6) is 0 Å². The van der Waals surface area contributed by atoms with Crippen molar-refractivity contribution in [3.8, 4) is 11.1 Å². The Morgan fingerprint density at radius 3 is 2.72 bits per heavy atom. The van der Waals surface area contributed by atoms with E-state index in [9.17, 15) is 13.6 Å². The molecule has 2 aromatic carbocycles. The second-order valence-electron chi connectivity index (χ2n) is 7.77. The molecule has 1 aliphatic carbocycles. The molecule has 10 heteroatoms. The van der Waals surface area contributed by atoms with Crippen LogP contribution in [0.1, 0.15) is 35.7 Å². The molecule has 0 spiro atoms. The summed E-state index contributed by atoms with van der Waals surface area (Å²) < 4.78 is 27.6. The van der Waals surface area contributed by atoms with Crippen molar-refractivity contribution in [2.75, 3.05) is 0 Å². The van der Waals surface area contributed by atoms with Gasteiger partial charge in [-0.25, -0.2) is 9.19 Å². The summed E-state index contributed by atoms with van der Waals surface area (Å²) >= 11 is 1.43. The van der Waals surface area contributed by atoms with E-state index in [0.29, 0.717) is 5.01 Å². The van der Waals surface area contributed by atoms with Gasteiger partial charge in [-0.3, -0.25) is 4.79 Å². The van der Waals surface area contributed by atoms with Crippen LogP contribution in [0, 0.1) is 5.92 Å². The summed E-state index contributed by atoms with van der Waals surface area (Å²) in [5, 5.41) is 11.4. The minimum absolute atomic E-state index is 0.0133. The van der Waals surface area contributed by atoms with Crippen molar-refractivity contribution in [1.82, 2.24) is 20.5 Å². The Kier molecular flexibility index (Phi) is 5.28. The van der Waals surface area contributed by atoms with Crippen LogP contribution in [0.15, 0.2) is 52.9 Å². The van der Waals surface area contributed by atoms with E-state index in [2.05, 4.69) is 27.5 Å². The van der Waals surface area contributed by atoms with Crippen LogP contribution in [0.4, 0.5) is 0 Å². The van der Waals surface area contributed by atoms with Gasteiger partial charge in [0.05, 0.1) is 20.0 Å². The first-order chi connectivity index (χ1) is 15.4. The number of thiazole rings is 1. The number of benzene rings is 2. The molecule has 5 rings (SSSR count). The standard InChI is InChI=1S/C22H20N4O4S2/c1-32(28,29)12-18-25-26-21(30-18)19(24-20(27)14-7-8-14)22-23-16-10-9-15(11-17(16)31-22)13-5-3-2-4-6-13/h2-6,9-11,14,19H,1,7-8,12H2,(H,24,27)(H,28,29). The topological polar surface area (TPSA) is 118 Å². The fourth-order valence-electron chi connectivity index (χ4n) is 3.35. The van der Waals surface area contributed by atoms with E-state index in [0.717, 1.165) is 34.2 Å². The lowest BCUT2D eigenvalue weighted by molar-refractivity contribution is -0.122. The number of carbonyl (C=O) groups is 1. The summed E-state index contributed by atoms with van der Waals surface area (Å²) in [5.74, 6) is 2.84. The second kappa shape index (κ2) is 8.12. The summed E-state index contributed by atoms with van der Waals surface area (Å²) in [6.45, 7) is 0. The molecule has 1 saturated carbocycles. The van der Waals surface area contributed by atoms with Crippen molar-refractivity contribution in [2.24, 2.45) is 5.92 Å². The molecule has 8 nitrogen and oxygen atoms in total. The smallest absolute Gasteiger partial charge is 0.245 e. The molecule has 4 aromatic rings. The van der Waals surface area contributed by atoms with E-state index in [1.807, 2.05) is 42.5 Å². The molecule has 1 amide bonds. The van der Waals surface area contributed by atoms with Gasteiger partial charge in [0.15, 0.2) is 6.04 Å². The van der Waals surface area contributed by atoms with Crippen molar-refractivity contribution in [1.29, 1.82) is 0 Å². The molecule has 0 aliphatic heterocycles. The predicted octanol–water partition coefficient (Wildman–Crippen LogP) is 3.65. The molecule has 164 valence electrons. The first-order valence-electron chi connectivity index (χ1n) is 10.0. The van der Waals surface area contributed by atoms with Gasteiger partial charge in [-0.05, 0) is 42.0 Å².